The van der Waals surface area contributed by atoms with Gasteiger partial charge in [0.15, 0.2) is 0 Å². The molecule has 0 aliphatic carbocycles. The number of likely N-dealkylation sites (tertiary alicyclic amines) is 1. The molecule has 1 aromatic carbocycles. The molecule has 0 unspecified atom stereocenters. The number of halogens is 3. The van der Waals surface area contributed by atoms with E-state index in [0.29, 0.717) is 29.7 Å². The van der Waals surface area contributed by atoms with Crippen LogP contribution in [0.25, 0.3) is 11.3 Å². The Morgan fingerprint density at radius 1 is 1.18 bits per heavy atom. The average Bonchev–Trinajstić information content (AvgIpc) is 3.01. The molecule has 2 saturated heterocycles. The number of piperidine rings is 1. The summed E-state index contributed by atoms with van der Waals surface area (Å²) in [7, 11) is 2.11. The molecule has 0 spiro atoms. The zero-order valence-electron chi connectivity index (χ0n) is 15.7. The van der Waals surface area contributed by atoms with Gasteiger partial charge in [0, 0.05) is 31.2 Å². The highest BCUT2D eigenvalue weighted by atomic mass is 19.4. The Morgan fingerprint density at radius 2 is 1.96 bits per heavy atom. The Hall–Kier alpha value is -2.42. The monoisotopic (exact) mass is 393 g/mol. The van der Waals surface area contributed by atoms with Gasteiger partial charge in [-0.2, -0.15) is 13.2 Å². The third-order valence-corrected chi connectivity index (χ3v) is 5.65. The first kappa shape index (κ1) is 18.9. The van der Waals surface area contributed by atoms with Crippen LogP contribution in [-0.2, 0) is 6.18 Å². The maximum absolute atomic E-state index is 12.8. The van der Waals surface area contributed by atoms with Gasteiger partial charge in [-0.05, 0) is 50.9 Å². The molecule has 6 nitrogen and oxygen atoms in total. The minimum atomic E-state index is -4.52. The number of hydrogen-bond donors (Lipinski definition) is 1. The fourth-order valence-corrected chi connectivity index (χ4v) is 4.31. The summed E-state index contributed by atoms with van der Waals surface area (Å²) >= 11 is 0. The maximum Gasteiger partial charge on any atom is 0.416 e. The van der Waals surface area contributed by atoms with Gasteiger partial charge < -0.3 is 14.9 Å². The number of phenols is 1. The highest BCUT2D eigenvalue weighted by Crippen LogP contribution is 2.37. The van der Waals surface area contributed by atoms with E-state index in [2.05, 4.69) is 32.0 Å². The van der Waals surface area contributed by atoms with E-state index in [0.717, 1.165) is 32.1 Å². The van der Waals surface area contributed by atoms with Crippen LogP contribution in [-0.4, -0.2) is 57.9 Å². The van der Waals surface area contributed by atoms with Crippen LogP contribution in [0.3, 0.4) is 0 Å². The third kappa shape index (κ3) is 3.39. The summed E-state index contributed by atoms with van der Waals surface area (Å²) in [6.45, 7) is 4.60. The number of hydrogen-bond acceptors (Lipinski definition) is 6. The molecule has 2 aliphatic heterocycles. The Bertz CT molecular complexity index is 888. The molecule has 0 amide bonds. The molecule has 2 aliphatic rings. The van der Waals surface area contributed by atoms with E-state index in [-0.39, 0.29) is 11.3 Å². The lowest BCUT2D eigenvalue weighted by Gasteiger charge is -2.36. The highest BCUT2D eigenvalue weighted by Gasteiger charge is 2.39. The second kappa shape index (κ2) is 6.88. The molecule has 2 atom stereocenters. The first-order chi connectivity index (χ1) is 13.2. The van der Waals surface area contributed by atoms with Crippen LogP contribution in [0, 0.1) is 12.8 Å². The summed E-state index contributed by atoms with van der Waals surface area (Å²) in [6, 6.07) is 3.19. The van der Waals surface area contributed by atoms with Crippen molar-refractivity contribution in [2.24, 2.45) is 5.92 Å². The lowest BCUT2D eigenvalue weighted by Crippen LogP contribution is -2.46. The Labute approximate surface area is 161 Å². The van der Waals surface area contributed by atoms with Crippen molar-refractivity contribution in [3.63, 3.8) is 0 Å². The number of fused-ring (bicyclic) bond motifs is 1. The number of benzene rings is 1. The number of aromatic hydroxyl groups is 1. The van der Waals surface area contributed by atoms with Crippen LogP contribution in [0.2, 0.25) is 0 Å². The topological polar surface area (TPSA) is 65.4 Å². The van der Waals surface area contributed by atoms with E-state index in [1.807, 2.05) is 0 Å². The van der Waals surface area contributed by atoms with Crippen molar-refractivity contribution in [2.75, 3.05) is 31.6 Å². The smallest absolute Gasteiger partial charge is 0.416 e. The first-order valence-electron chi connectivity index (χ1n) is 9.31. The van der Waals surface area contributed by atoms with Gasteiger partial charge in [0.05, 0.1) is 11.3 Å². The van der Waals surface area contributed by atoms with Crippen molar-refractivity contribution in [1.82, 2.24) is 20.1 Å². The number of aryl methyl sites for hydroxylation is 1. The van der Waals surface area contributed by atoms with Gasteiger partial charge >= 0.3 is 6.18 Å². The lowest BCUT2D eigenvalue weighted by atomic mass is 9.92. The zero-order chi connectivity index (χ0) is 20.1. The third-order valence-electron chi connectivity index (χ3n) is 5.65. The van der Waals surface area contributed by atoms with Crippen molar-refractivity contribution in [2.45, 2.75) is 32.0 Å². The van der Waals surface area contributed by atoms with Gasteiger partial charge in [0.25, 0.3) is 0 Å². The minimum Gasteiger partial charge on any atom is -0.507 e. The second-order valence-corrected chi connectivity index (χ2v) is 7.66. The molecular formula is C19H22F3N5O. The number of anilines is 1. The predicted molar refractivity (Wildman–Crippen MR) is 98.0 cm³/mol. The van der Waals surface area contributed by atoms with E-state index in [1.165, 1.54) is 12.5 Å². The SMILES string of the molecule is Cc1nc(N2CCC[C@@H]3CN(C)C[C@@H]32)nnc1-c1ccc(C(F)(F)F)cc1O. The van der Waals surface area contributed by atoms with Crippen LogP contribution < -0.4 is 4.90 Å². The molecule has 2 fully saturated rings. The van der Waals surface area contributed by atoms with Crippen molar-refractivity contribution in [3.8, 4) is 17.0 Å². The fourth-order valence-electron chi connectivity index (χ4n) is 4.31. The van der Waals surface area contributed by atoms with Crippen molar-refractivity contribution >= 4 is 5.95 Å². The summed E-state index contributed by atoms with van der Waals surface area (Å²) in [5, 5.41) is 18.5. The molecule has 1 aromatic heterocycles. The van der Waals surface area contributed by atoms with Crippen molar-refractivity contribution in [3.05, 3.63) is 29.5 Å². The number of aromatic nitrogens is 3. The Morgan fingerprint density at radius 3 is 2.64 bits per heavy atom. The average molecular weight is 393 g/mol. The summed E-state index contributed by atoms with van der Waals surface area (Å²) < 4.78 is 38.4. The van der Waals surface area contributed by atoms with E-state index < -0.39 is 17.5 Å². The standard InChI is InChI=1S/C19H22F3N5O/c1-11-17(14-6-5-13(8-16(14)28)19(20,21)22)24-25-18(23-11)27-7-3-4-12-9-26(2)10-15(12)27/h5-6,8,12,15,28H,3-4,7,9-10H2,1-2H3/t12-,15+/m1/s1. The molecular weight excluding hydrogens is 371 g/mol. The number of rotatable bonds is 2. The van der Waals surface area contributed by atoms with Gasteiger partial charge in [0.2, 0.25) is 5.95 Å². The highest BCUT2D eigenvalue weighted by molar-refractivity contribution is 5.69. The summed E-state index contributed by atoms with van der Waals surface area (Å²) in [5.74, 6) is 0.635. The van der Waals surface area contributed by atoms with Crippen LogP contribution >= 0.6 is 0 Å². The quantitative estimate of drug-likeness (QED) is 0.846. The predicted octanol–water partition coefficient (Wildman–Crippen LogP) is 3.10. The van der Waals surface area contributed by atoms with Crippen molar-refractivity contribution in [1.29, 1.82) is 0 Å². The van der Waals surface area contributed by atoms with Crippen LogP contribution in [0.1, 0.15) is 24.1 Å². The normalized spacial score (nSPS) is 23.1. The van der Waals surface area contributed by atoms with E-state index in [4.69, 9.17) is 0 Å². The molecule has 0 bridgehead atoms. The lowest BCUT2D eigenvalue weighted by molar-refractivity contribution is -0.137. The van der Waals surface area contributed by atoms with Crippen LogP contribution in [0.4, 0.5) is 19.1 Å². The minimum absolute atomic E-state index is 0.189. The van der Waals surface area contributed by atoms with Gasteiger partial charge in [-0.1, -0.05) is 0 Å². The van der Waals surface area contributed by atoms with Gasteiger partial charge in [-0.25, -0.2) is 4.98 Å². The molecule has 1 N–H and O–H groups in total. The molecule has 4 rings (SSSR count). The molecule has 2 aromatic rings. The number of phenolic OH excluding ortho intramolecular Hbond substituents is 1. The van der Waals surface area contributed by atoms with Crippen LogP contribution in [0.5, 0.6) is 5.75 Å². The number of alkyl halides is 3. The first-order valence-corrected chi connectivity index (χ1v) is 9.31. The van der Waals surface area contributed by atoms with E-state index >= 15 is 0 Å². The molecule has 28 heavy (non-hydrogen) atoms. The number of likely N-dealkylation sites (N-methyl/N-ethyl adjacent to an activating group) is 1. The fraction of sp³-hybridized carbons (Fsp3) is 0.526. The number of nitrogens with zero attached hydrogens (tertiary/aromatic N) is 5. The van der Waals surface area contributed by atoms with Crippen molar-refractivity contribution < 1.29 is 18.3 Å². The molecule has 0 radical (unpaired) electrons. The molecule has 0 saturated carbocycles. The summed E-state index contributed by atoms with van der Waals surface area (Å²) in [4.78, 5) is 9.07. The molecule has 150 valence electrons. The van der Waals surface area contributed by atoms with E-state index in [9.17, 15) is 18.3 Å². The molecule has 3 heterocycles. The maximum atomic E-state index is 12.8. The largest absolute Gasteiger partial charge is 0.507 e. The zero-order valence-corrected chi connectivity index (χ0v) is 15.7. The second-order valence-electron chi connectivity index (χ2n) is 7.66. The summed E-state index contributed by atoms with van der Waals surface area (Å²) in [6.07, 6.45) is -2.26. The van der Waals surface area contributed by atoms with E-state index in [1.54, 1.807) is 6.92 Å². The summed E-state index contributed by atoms with van der Waals surface area (Å²) in [5.41, 5.74) is 0.0865. The Balaban J connectivity index is 1.64. The molecule has 9 heteroatoms. The van der Waals surface area contributed by atoms with Crippen LogP contribution in [0.15, 0.2) is 18.2 Å². The van der Waals surface area contributed by atoms with Gasteiger partial charge in [0.1, 0.15) is 11.4 Å². The van der Waals surface area contributed by atoms with Gasteiger partial charge in [-0.3, -0.25) is 0 Å². The Kier molecular flexibility index (Phi) is 4.65. The van der Waals surface area contributed by atoms with Gasteiger partial charge in [-0.15, -0.1) is 10.2 Å².